The lowest BCUT2D eigenvalue weighted by Crippen LogP contribution is -2.30. The molecule has 0 saturated carbocycles. The van der Waals surface area contributed by atoms with Gasteiger partial charge < -0.3 is 20.4 Å². The fourth-order valence-corrected chi connectivity index (χ4v) is 11.5. The van der Waals surface area contributed by atoms with Gasteiger partial charge in [0.1, 0.15) is 0 Å². The van der Waals surface area contributed by atoms with Gasteiger partial charge in [-0.1, -0.05) is 67.8 Å². The fraction of sp³-hybridized carbons (Fsp3) is 0.684. The van der Waals surface area contributed by atoms with Crippen LogP contribution in [-0.2, 0) is 10.1 Å². The summed E-state index contributed by atoms with van der Waals surface area (Å²) in [6.07, 6.45) is -2.72. The Morgan fingerprint density at radius 2 is 0.938 bits per heavy atom. The molecule has 2 heterocycles. The minimum atomic E-state index is -5.84. The van der Waals surface area contributed by atoms with Crippen LogP contribution in [0.15, 0.2) is 24.3 Å². The average molecular weight is 520 g/mol. The summed E-state index contributed by atoms with van der Waals surface area (Å²) in [5.74, 6) is 0. The number of hydrogen-bond acceptors (Lipinski definition) is 6. The first-order valence-corrected chi connectivity index (χ1v) is 14.3. The van der Waals surface area contributed by atoms with Crippen molar-refractivity contribution in [2.24, 2.45) is 0 Å². The van der Waals surface area contributed by atoms with Gasteiger partial charge in [0, 0.05) is 22.6 Å². The van der Waals surface area contributed by atoms with Gasteiger partial charge >= 0.3 is 15.6 Å². The first kappa shape index (κ1) is 27.9. The van der Waals surface area contributed by atoms with Crippen molar-refractivity contribution in [3.63, 3.8) is 0 Å². The van der Waals surface area contributed by atoms with Crippen LogP contribution in [0.4, 0.5) is 13.2 Å². The lowest BCUT2D eigenvalue weighted by atomic mass is 10.1. The summed E-state index contributed by atoms with van der Waals surface area (Å²) in [5.41, 5.74) is -5.35. The standard InChI is InChI=1S/C18H28O4P2.CHF3O3S/c1-9-15(19)16(20)10(2)23(9)13-7-5-6-8-14(13)24-11(3)17(21)18(22)12(24)4;2-1(3,4)8(5,6)7/h5-12,15-22H,1-4H3;(H,5,6,7)/t9-,10-,11-,12-,15+,16+,17+,18+;/m0./s1. The molecule has 0 bridgehead atoms. The molecule has 2 saturated heterocycles. The van der Waals surface area contributed by atoms with Gasteiger partial charge in [-0.15, -0.1) is 0 Å². The molecule has 7 nitrogen and oxygen atoms in total. The van der Waals surface area contributed by atoms with Crippen molar-refractivity contribution in [3.8, 4) is 0 Å². The van der Waals surface area contributed by atoms with E-state index in [4.69, 9.17) is 13.0 Å². The van der Waals surface area contributed by atoms with Gasteiger partial charge in [-0.3, -0.25) is 4.55 Å². The van der Waals surface area contributed by atoms with E-state index in [-0.39, 0.29) is 22.6 Å². The lowest BCUT2D eigenvalue weighted by molar-refractivity contribution is -0.0510. The molecule has 13 heteroatoms. The zero-order chi connectivity index (χ0) is 24.8. The summed E-state index contributed by atoms with van der Waals surface area (Å²) in [5, 5.41) is 43.7. The van der Waals surface area contributed by atoms with Gasteiger partial charge in [-0.2, -0.15) is 21.6 Å². The van der Waals surface area contributed by atoms with E-state index < -0.39 is 55.9 Å². The second-order valence-electron chi connectivity index (χ2n) is 8.15. The summed E-state index contributed by atoms with van der Waals surface area (Å²) in [4.78, 5) is 0. The van der Waals surface area contributed by atoms with Crippen LogP contribution >= 0.6 is 15.8 Å². The van der Waals surface area contributed by atoms with Gasteiger partial charge in [0.05, 0.1) is 24.4 Å². The van der Waals surface area contributed by atoms with Crippen molar-refractivity contribution in [2.75, 3.05) is 0 Å². The Hall–Kier alpha value is -0.380. The summed E-state index contributed by atoms with van der Waals surface area (Å²) >= 11 is 0. The maximum Gasteiger partial charge on any atom is 0.522 e. The van der Waals surface area contributed by atoms with Crippen LogP contribution in [0.3, 0.4) is 0 Å². The Labute approximate surface area is 187 Å². The molecule has 0 aliphatic carbocycles. The fourth-order valence-electron chi connectivity index (χ4n) is 4.32. The van der Waals surface area contributed by atoms with E-state index >= 15 is 0 Å². The summed E-state index contributed by atoms with van der Waals surface area (Å²) in [7, 11) is -7.22. The van der Waals surface area contributed by atoms with Crippen LogP contribution in [-0.4, -0.2) is 86.0 Å². The first-order chi connectivity index (χ1) is 14.5. The number of hydrogen-bond donors (Lipinski definition) is 5. The van der Waals surface area contributed by atoms with Crippen LogP contribution < -0.4 is 10.6 Å². The molecule has 3 rings (SSSR count). The Morgan fingerprint density at radius 3 is 1.12 bits per heavy atom. The number of alkyl halides is 3. The van der Waals surface area contributed by atoms with Crippen LogP contribution in [0.2, 0.25) is 0 Å². The predicted molar refractivity (Wildman–Crippen MR) is 119 cm³/mol. The van der Waals surface area contributed by atoms with Gasteiger partial charge in [-0.05, 0) is 10.6 Å². The third-order valence-electron chi connectivity index (χ3n) is 6.16. The molecule has 2 aliphatic heterocycles. The molecule has 2 aliphatic rings. The lowest BCUT2D eigenvalue weighted by Gasteiger charge is -2.30. The summed E-state index contributed by atoms with van der Waals surface area (Å²) < 4.78 is 57.5. The van der Waals surface area contributed by atoms with Crippen molar-refractivity contribution >= 4 is 36.6 Å². The number of halogens is 3. The van der Waals surface area contributed by atoms with Crippen molar-refractivity contribution in [1.82, 2.24) is 0 Å². The SMILES string of the molecule is C[C@H]1[C@@H](O)[C@H](O)[C@H](C)P1c1ccccc1P1[C@@H](C)[C@@H](O)[C@H](O)[C@@H]1C.O=S(=O)(O)C(F)(F)F. The third kappa shape index (κ3) is 5.31. The number of aliphatic hydroxyl groups excluding tert-OH is 4. The van der Waals surface area contributed by atoms with E-state index in [0.29, 0.717) is 0 Å². The smallest absolute Gasteiger partial charge is 0.390 e. The van der Waals surface area contributed by atoms with Crippen LogP contribution in [0.1, 0.15) is 27.7 Å². The van der Waals surface area contributed by atoms with Crippen LogP contribution in [0.5, 0.6) is 0 Å². The topological polar surface area (TPSA) is 135 Å². The molecule has 32 heavy (non-hydrogen) atoms. The summed E-state index contributed by atoms with van der Waals surface area (Å²) in [6.45, 7) is 8.10. The van der Waals surface area contributed by atoms with Crippen molar-refractivity contribution in [2.45, 2.75) is 80.3 Å². The number of rotatable bonds is 2. The Kier molecular flexibility index (Phi) is 8.78. The van der Waals surface area contributed by atoms with E-state index in [1.165, 1.54) is 10.6 Å². The summed E-state index contributed by atoms with van der Waals surface area (Å²) in [6, 6.07) is 8.28. The molecule has 5 N–H and O–H groups in total. The van der Waals surface area contributed by atoms with Crippen molar-refractivity contribution < 1.29 is 46.6 Å². The molecular weight excluding hydrogens is 491 g/mol. The molecule has 2 fully saturated rings. The maximum absolute atomic E-state index is 10.7. The van der Waals surface area contributed by atoms with Gasteiger partial charge in [-0.25, -0.2) is 0 Å². The van der Waals surface area contributed by atoms with E-state index in [1.54, 1.807) is 0 Å². The predicted octanol–water partition coefficient (Wildman–Crippen LogP) is 1.32. The quantitative estimate of drug-likeness (QED) is 0.226. The highest BCUT2D eigenvalue weighted by atomic mass is 32.2. The maximum atomic E-state index is 10.7. The highest BCUT2D eigenvalue weighted by molar-refractivity contribution is 7.86. The van der Waals surface area contributed by atoms with Crippen molar-refractivity contribution in [1.29, 1.82) is 0 Å². The number of aliphatic hydroxyl groups is 4. The second kappa shape index (κ2) is 10.1. The molecule has 0 aromatic heterocycles. The molecular formula is C19H29F3O7P2S. The van der Waals surface area contributed by atoms with E-state index in [0.717, 1.165) is 0 Å². The first-order valence-electron chi connectivity index (χ1n) is 9.94. The zero-order valence-electron chi connectivity index (χ0n) is 17.9. The zero-order valence-corrected chi connectivity index (χ0v) is 20.5. The van der Waals surface area contributed by atoms with E-state index in [9.17, 15) is 33.6 Å². The molecule has 8 atom stereocenters. The molecule has 184 valence electrons. The van der Waals surface area contributed by atoms with Crippen molar-refractivity contribution in [3.05, 3.63) is 24.3 Å². The second-order valence-corrected chi connectivity index (χ2v) is 15.4. The highest BCUT2D eigenvalue weighted by Gasteiger charge is 2.49. The molecule has 1 aromatic carbocycles. The Morgan fingerprint density at radius 1 is 0.719 bits per heavy atom. The monoisotopic (exact) mass is 520 g/mol. The molecule has 0 unspecified atom stereocenters. The Bertz CT molecular complexity index is 822. The minimum Gasteiger partial charge on any atom is -0.390 e. The highest BCUT2D eigenvalue weighted by Crippen LogP contribution is 2.59. The van der Waals surface area contributed by atoms with E-state index in [2.05, 4.69) is 12.1 Å². The van der Waals surface area contributed by atoms with Gasteiger partial charge in [0.15, 0.2) is 0 Å². The van der Waals surface area contributed by atoms with Gasteiger partial charge in [0.25, 0.3) is 0 Å². The van der Waals surface area contributed by atoms with Gasteiger partial charge in [0.2, 0.25) is 0 Å². The third-order valence-corrected chi connectivity index (χ3v) is 13.5. The Balaban J connectivity index is 0.000000390. The average Bonchev–Trinajstić information content (AvgIpc) is 3.00. The molecule has 0 radical (unpaired) electrons. The van der Waals surface area contributed by atoms with Crippen LogP contribution in [0.25, 0.3) is 0 Å². The minimum absolute atomic E-state index is 0.0456. The molecule has 1 aromatic rings. The largest absolute Gasteiger partial charge is 0.522 e. The van der Waals surface area contributed by atoms with E-state index in [1.807, 2.05) is 39.8 Å². The molecule has 0 spiro atoms. The number of benzene rings is 1. The van der Waals surface area contributed by atoms with Crippen LogP contribution in [0, 0.1) is 0 Å². The normalized spacial score (nSPS) is 40.1. The molecule has 0 amide bonds.